The second-order valence-corrected chi connectivity index (χ2v) is 4.72. The molecule has 2 aromatic carbocycles. The smallest absolute Gasteiger partial charge is 0.195 e. The van der Waals surface area contributed by atoms with Gasteiger partial charge in [-0.3, -0.25) is 4.79 Å². The molecule has 0 atom stereocenters. The van der Waals surface area contributed by atoms with Crippen LogP contribution in [0.3, 0.4) is 0 Å². The van der Waals surface area contributed by atoms with Gasteiger partial charge in [0.1, 0.15) is 5.82 Å². The molecule has 98 valence electrons. The number of aryl methyl sites for hydroxylation is 2. The number of halogens is 1. The van der Waals surface area contributed by atoms with E-state index in [0.29, 0.717) is 11.1 Å². The maximum Gasteiger partial charge on any atom is 0.195 e. The molecule has 0 N–H and O–H groups in total. The fourth-order valence-electron chi connectivity index (χ4n) is 2.14. The minimum absolute atomic E-state index is 0.147. The average Bonchev–Trinajstić information content (AvgIpc) is 2.42. The van der Waals surface area contributed by atoms with E-state index in [1.54, 1.807) is 25.1 Å². The first-order valence-electron chi connectivity index (χ1n) is 6.52. The lowest BCUT2D eigenvalue weighted by Crippen LogP contribution is -2.06. The molecular formula is C17H17FO. The van der Waals surface area contributed by atoms with Crippen LogP contribution in [0.2, 0.25) is 0 Å². The molecule has 0 saturated carbocycles. The van der Waals surface area contributed by atoms with Gasteiger partial charge in [0.2, 0.25) is 0 Å². The van der Waals surface area contributed by atoms with Crippen LogP contribution in [0, 0.1) is 12.7 Å². The molecule has 0 heterocycles. The van der Waals surface area contributed by atoms with Gasteiger partial charge in [-0.2, -0.15) is 0 Å². The Bertz CT molecular complexity index is 602. The Morgan fingerprint density at radius 3 is 2.63 bits per heavy atom. The van der Waals surface area contributed by atoms with Gasteiger partial charge < -0.3 is 0 Å². The highest BCUT2D eigenvalue weighted by atomic mass is 19.1. The molecule has 0 radical (unpaired) electrons. The number of hydrogen-bond donors (Lipinski definition) is 0. The van der Waals surface area contributed by atoms with Gasteiger partial charge in [-0.25, -0.2) is 4.39 Å². The summed E-state index contributed by atoms with van der Waals surface area (Å²) in [5.74, 6) is -0.674. The van der Waals surface area contributed by atoms with Crippen LogP contribution in [0.1, 0.15) is 40.4 Å². The van der Waals surface area contributed by atoms with Crippen LogP contribution < -0.4 is 0 Å². The standard InChI is InChI=1S/C17H17FO/c1-3-6-13-8-5-9-14(11-13)17(19)15-10-4-7-12(2)16(15)18/h4-5,7-11H,3,6H2,1-2H3. The number of carbonyl (C=O) groups is 1. The molecule has 0 bridgehead atoms. The second-order valence-electron chi connectivity index (χ2n) is 4.72. The quantitative estimate of drug-likeness (QED) is 0.745. The average molecular weight is 256 g/mol. The van der Waals surface area contributed by atoms with Gasteiger partial charge in [0.25, 0.3) is 0 Å². The van der Waals surface area contributed by atoms with E-state index in [-0.39, 0.29) is 11.3 Å². The summed E-state index contributed by atoms with van der Waals surface area (Å²) in [4.78, 5) is 12.3. The van der Waals surface area contributed by atoms with Gasteiger partial charge >= 0.3 is 0 Å². The lowest BCUT2D eigenvalue weighted by molar-refractivity contribution is 0.103. The van der Waals surface area contributed by atoms with Crippen LogP contribution in [-0.4, -0.2) is 5.78 Å². The third kappa shape index (κ3) is 2.90. The molecule has 0 fully saturated rings. The van der Waals surface area contributed by atoms with Crippen molar-refractivity contribution in [3.8, 4) is 0 Å². The van der Waals surface area contributed by atoms with Crippen LogP contribution in [-0.2, 0) is 6.42 Å². The van der Waals surface area contributed by atoms with Gasteiger partial charge in [-0.15, -0.1) is 0 Å². The molecular weight excluding hydrogens is 239 g/mol. The molecule has 19 heavy (non-hydrogen) atoms. The van der Waals surface area contributed by atoms with Crippen molar-refractivity contribution in [1.82, 2.24) is 0 Å². The Hall–Kier alpha value is -1.96. The molecule has 0 aromatic heterocycles. The SMILES string of the molecule is CCCc1cccc(C(=O)c2cccc(C)c2F)c1. The summed E-state index contributed by atoms with van der Waals surface area (Å²) in [7, 11) is 0. The van der Waals surface area contributed by atoms with Gasteiger partial charge in [-0.05, 0) is 36.6 Å². The summed E-state index contributed by atoms with van der Waals surface area (Å²) in [5, 5.41) is 0. The molecule has 0 aliphatic rings. The van der Waals surface area contributed by atoms with Crippen LogP contribution >= 0.6 is 0 Å². The number of ketones is 1. The molecule has 2 heteroatoms. The Balaban J connectivity index is 2.38. The zero-order chi connectivity index (χ0) is 13.8. The first kappa shape index (κ1) is 13.5. The highest BCUT2D eigenvalue weighted by Crippen LogP contribution is 2.17. The zero-order valence-electron chi connectivity index (χ0n) is 11.2. The summed E-state index contributed by atoms with van der Waals surface area (Å²) >= 11 is 0. The summed E-state index contributed by atoms with van der Waals surface area (Å²) < 4.78 is 14.0. The van der Waals surface area contributed by atoms with E-state index in [1.807, 2.05) is 18.2 Å². The minimum Gasteiger partial charge on any atom is -0.288 e. The van der Waals surface area contributed by atoms with E-state index in [2.05, 4.69) is 6.92 Å². The Morgan fingerprint density at radius 2 is 1.89 bits per heavy atom. The highest BCUT2D eigenvalue weighted by Gasteiger charge is 2.15. The van der Waals surface area contributed by atoms with Crippen molar-refractivity contribution in [2.24, 2.45) is 0 Å². The first-order chi connectivity index (χ1) is 9.13. The van der Waals surface area contributed by atoms with Crippen molar-refractivity contribution in [3.05, 3.63) is 70.5 Å². The Kier molecular flexibility index (Phi) is 4.10. The van der Waals surface area contributed by atoms with E-state index in [0.717, 1.165) is 18.4 Å². The predicted octanol–water partition coefficient (Wildman–Crippen LogP) is 4.32. The van der Waals surface area contributed by atoms with E-state index in [9.17, 15) is 9.18 Å². The van der Waals surface area contributed by atoms with E-state index < -0.39 is 5.82 Å². The maximum atomic E-state index is 14.0. The van der Waals surface area contributed by atoms with Crippen molar-refractivity contribution in [1.29, 1.82) is 0 Å². The molecule has 0 aliphatic carbocycles. The van der Waals surface area contributed by atoms with Crippen molar-refractivity contribution < 1.29 is 9.18 Å². The second kappa shape index (κ2) is 5.79. The molecule has 0 aliphatic heterocycles. The zero-order valence-corrected chi connectivity index (χ0v) is 11.2. The minimum atomic E-state index is -0.423. The summed E-state index contributed by atoms with van der Waals surface area (Å²) in [6.45, 7) is 3.76. The molecule has 2 aromatic rings. The molecule has 0 unspecified atom stereocenters. The third-order valence-corrected chi connectivity index (χ3v) is 3.16. The van der Waals surface area contributed by atoms with Crippen LogP contribution in [0.4, 0.5) is 4.39 Å². The lowest BCUT2D eigenvalue weighted by atomic mass is 9.98. The number of benzene rings is 2. The third-order valence-electron chi connectivity index (χ3n) is 3.16. The molecule has 1 nitrogen and oxygen atoms in total. The monoisotopic (exact) mass is 256 g/mol. The largest absolute Gasteiger partial charge is 0.288 e. The first-order valence-corrected chi connectivity index (χ1v) is 6.52. The van der Waals surface area contributed by atoms with Crippen molar-refractivity contribution in [2.45, 2.75) is 26.7 Å². The summed E-state index contributed by atoms with van der Waals surface area (Å²) in [6.07, 6.45) is 1.95. The summed E-state index contributed by atoms with van der Waals surface area (Å²) in [5.41, 5.74) is 2.31. The normalized spacial score (nSPS) is 10.5. The van der Waals surface area contributed by atoms with Crippen LogP contribution in [0.5, 0.6) is 0 Å². The molecule has 0 spiro atoms. The van der Waals surface area contributed by atoms with Crippen molar-refractivity contribution in [3.63, 3.8) is 0 Å². The number of rotatable bonds is 4. The summed E-state index contributed by atoms with van der Waals surface area (Å²) in [6, 6.07) is 12.4. The number of carbonyl (C=O) groups excluding carboxylic acids is 1. The van der Waals surface area contributed by atoms with Gasteiger partial charge in [-0.1, -0.05) is 43.7 Å². The molecule has 0 amide bonds. The van der Waals surface area contributed by atoms with Crippen molar-refractivity contribution >= 4 is 5.78 Å². The fraction of sp³-hybridized carbons (Fsp3) is 0.235. The molecule has 0 saturated heterocycles. The molecule has 2 rings (SSSR count). The Labute approximate surface area is 113 Å². The van der Waals surface area contributed by atoms with Crippen LogP contribution in [0.25, 0.3) is 0 Å². The maximum absolute atomic E-state index is 14.0. The highest BCUT2D eigenvalue weighted by molar-refractivity contribution is 6.09. The van der Waals surface area contributed by atoms with Gasteiger partial charge in [0.05, 0.1) is 5.56 Å². The van der Waals surface area contributed by atoms with Gasteiger partial charge in [0, 0.05) is 5.56 Å². The van der Waals surface area contributed by atoms with E-state index in [4.69, 9.17) is 0 Å². The van der Waals surface area contributed by atoms with Gasteiger partial charge in [0.15, 0.2) is 5.78 Å². The lowest BCUT2D eigenvalue weighted by Gasteiger charge is -2.06. The Morgan fingerprint density at radius 1 is 1.16 bits per heavy atom. The van der Waals surface area contributed by atoms with Crippen molar-refractivity contribution in [2.75, 3.05) is 0 Å². The van der Waals surface area contributed by atoms with E-state index in [1.165, 1.54) is 6.07 Å². The number of hydrogen-bond acceptors (Lipinski definition) is 1. The van der Waals surface area contributed by atoms with Crippen LogP contribution in [0.15, 0.2) is 42.5 Å². The topological polar surface area (TPSA) is 17.1 Å². The predicted molar refractivity (Wildman–Crippen MR) is 75.0 cm³/mol. The fourth-order valence-corrected chi connectivity index (χ4v) is 2.14. The van der Waals surface area contributed by atoms with E-state index >= 15 is 0 Å².